The molecule has 0 saturated heterocycles. The second-order valence-electron chi connectivity index (χ2n) is 2.48. The summed E-state index contributed by atoms with van der Waals surface area (Å²) in [6.45, 7) is 2.21. The summed E-state index contributed by atoms with van der Waals surface area (Å²) in [5, 5.41) is 0. The first-order valence-electron chi connectivity index (χ1n) is 3.55. The van der Waals surface area contributed by atoms with E-state index < -0.39 is 0 Å². The third-order valence-corrected chi connectivity index (χ3v) is 1.67. The molecule has 1 rings (SSSR count). The van der Waals surface area contributed by atoms with Crippen LogP contribution in [0.15, 0.2) is 24.0 Å². The van der Waals surface area contributed by atoms with Crippen molar-refractivity contribution in [3.05, 3.63) is 24.0 Å². The predicted molar refractivity (Wildman–Crippen MR) is 39.0 cm³/mol. The van der Waals surface area contributed by atoms with Gasteiger partial charge in [-0.15, -0.1) is 0 Å². The average molecular weight is 160 g/mol. The maximum Gasteiger partial charge on any atom is 0.112 e. The lowest BCUT2D eigenvalue weighted by Crippen LogP contribution is -3.01. The van der Waals surface area contributed by atoms with Crippen molar-refractivity contribution >= 4 is 0 Å². The van der Waals surface area contributed by atoms with Gasteiger partial charge >= 0.3 is 0 Å². The van der Waals surface area contributed by atoms with Crippen molar-refractivity contribution in [3.8, 4) is 0 Å². The lowest BCUT2D eigenvalue weighted by atomic mass is 10.2. The van der Waals surface area contributed by atoms with E-state index >= 15 is 0 Å². The van der Waals surface area contributed by atoms with Gasteiger partial charge in [0.05, 0.1) is 13.2 Å². The number of halogens is 1. The van der Waals surface area contributed by atoms with Crippen LogP contribution in [0.4, 0.5) is 0 Å². The van der Waals surface area contributed by atoms with Crippen molar-refractivity contribution in [1.82, 2.24) is 0 Å². The summed E-state index contributed by atoms with van der Waals surface area (Å²) in [4.78, 5) is 1.44. The Kier molecular flexibility index (Phi) is 4.41. The highest BCUT2D eigenvalue weighted by molar-refractivity contribution is 5.09. The monoisotopic (exact) mass is 159 g/mol. The molecule has 0 aromatic carbocycles. The van der Waals surface area contributed by atoms with Gasteiger partial charge in [0.15, 0.2) is 0 Å². The number of allylic oxidation sites excluding steroid dienone is 3. The molecule has 0 amide bonds. The molecule has 1 aliphatic heterocycles. The van der Waals surface area contributed by atoms with Crippen molar-refractivity contribution in [3.63, 3.8) is 0 Å². The molecule has 0 bridgehead atoms. The van der Waals surface area contributed by atoms with Crippen LogP contribution in [0.3, 0.4) is 0 Å². The zero-order valence-electron chi connectivity index (χ0n) is 6.52. The van der Waals surface area contributed by atoms with E-state index in [1.807, 2.05) is 0 Å². The van der Waals surface area contributed by atoms with Crippen molar-refractivity contribution in [2.24, 2.45) is 0 Å². The summed E-state index contributed by atoms with van der Waals surface area (Å²) < 4.78 is 0. The van der Waals surface area contributed by atoms with E-state index in [0.717, 1.165) is 0 Å². The van der Waals surface area contributed by atoms with Gasteiger partial charge in [-0.3, -0.25) is 4.90 Å². The van der Waals surface area contributed by atoms with Crippen molar-refractivity contribution in [2.75, 3.05) is 7.05 Å². The standard InChI is InChI=1S/C8H13N.ClH/c1-3-5-8-6-4-7-9(8)2;/h4,6-7H,3,5H2,1-2H3;1H. The maximum atomic E-state index is 2.21. The highest BCUT2D eigenvalue weighted by Crippen LogP contribution is 1.99. The van der Waals surface area contributed by atoms with E-state index in [-0.39, 0.29) is 12.4 Å². The third-order valence-electron chi connectivity index (χ3n) is 1.67. The highest BCUT2D eigenvalue weighted by Gasteiger charge is 2.08. The average Bonchev–Trinajstić information content (AvgIpc) is 2.18. The minimum atomic E-state index is 0. The lowest BCUT2D eigenvalue weighted by molar-refractivity contribution is -0.780. The minimum Gasteiger partial charge on any atom is -1.00 e. The molecule has 0 aliphatic carbocycles. The van der Waals surface area contributed by atoms with E-state index in [1.54, 1.807) is 0 Å². The Morgan fingerprint density at radius 1 is 1.50 bits per heavy atom. The fourth-order valence-electron chi connectivity index (χ4n) is 1.10. The fraction of sp³-hybridized carbons (Fsp3) is 0.500. The maximum absolute atomic E-state index is 2.21. The van der Waals surface area contributed by atoms with Gasteiger partial charge < -0.3 is 12.4 Å². The SMILES string of the molecule is CCCC1=CC=C[NH+]1C.[Cl-]. The van der Waals surface area contributed by atoms with Gasteiger partial charge in [0.25, 0.3) is 0 Å². The van der Waals surface area contributed by atoms with Crippen LogP contribution >= 0.6 is 0 Å². The first-order chi connectivity index (χ1) is 4.34. The zero-order valence-corrected chi connectivity index (χ0v) is 7.28. The van der Waals surface area contributed by atoms with Crippen LogP contribution in [0.2, 0.25) is 0 Å². The topological polar surface area (TPSA) is 4.44 Å². The Labute approximate surface area is 68.8 Å². The van der Waals surface area contributed by atoms with Gasteiger partial charge in [-0.2, -0.15) is 0 Å². The van der Waals surface area contributed by atoms with Gasteiger partial charge in [0.2, 0.25) is 0 Å². The molecule has 0 radical (unpaired) electrons. The largest absolute Gasteiger partial charge is 1.00 e. The number of hydrogen-bond acceptors (Lipinski definition) is 0. The summed E-state index contributed by atoms with van der Waals surface area (Å²) in [5.41, 5.74) is 1.51. The second kappa shape index (κ2) is 4.53. The molecule has 1 atom stereocenters. The fourth-order valence-corrected chi connectivity index (χ4v) is 1.10. The van der Waals surface area contributed by atoms with Gasteiger partial charge in [-0.05, 0) is 12.5 Å². The van der Waals surface area contributed by atoms with E-state index in [9.17, 15) is 0 Å². The third kappa shape index (κ3) is 2.16. The Morgan fingerprint density at radius 3 is 2.60 bits per heavy atom. The van der Waals surface area contributed by atoms with Crippen molar-refractivity contribution < 1.29 is 17.3 Å². The number of hydrogen-bond donors (Lipinski definition) is 1. The zero-order chi connectivity index (χ0) is 6.69. The molecular formula is C8H14ClN. The molecule has 1 N–H and O–H groups in total. The van der Waals surface area contributed by atoms with Crippen LogP contribution in [-0.4, -0.2) is 7.05 Å². The quantitative estimate of drug-likeness (QED) is 0.463. The molecule has 0 aromatic heterocycles. The molecule has 0 fully saturated rings. The molecule has 58 valence electrons. The summed E-state index contributed by atoms with van der Waals surface area (Å²) >= 11 is 0. The summed E-state index contributed by atoms with van der Waals surface area (Å²) in [5.74, 6) is 0. The molecule has 2 heteroatoms. The lowest BCUT2D eigenvalue weighted by Gasteiger charge is -2.05. The van der Waals surface area contributed by atoms with Crippen LogP contribution < -0.4 is 17.3 Å². The molecule has 10 heavy (non-hydrogen) atoms. The van der Waals surface area contributed by atoms with Crippen LogP contribution in [0.1, 0.15) is 19.8 Å². The van der Waals surface area contributed by atoms with Gasteiger partial charge in [-0.1, -0.05) is 6.92 Å². The predicted octanol–water partition coefficient (Wildman–Crippen LogP) is -2.28. The van der Waals surface area contributed by atoms with Crippen molar-refractivity contribution in [2.45, 2.75) is 19.8 Å². The Bertz CT molecular complexity index is 149. The summed E-state index contributed by atoms with van der Waals surface area (Å²) in [7, 11) is 2.17. The van der Waals surface area contributed by atoms with E-state index in [4.69, 9.17) is 0 Å². The molecule has 0 spiro atoms. The molecule has 1 unspecified atom stereocenters. The van der Waals surface area contributed by atoms with E-state index in [1.165, 1.54) is 23.4 Å². The molecule has 1 heterocycles. The van der Waals surface area contributed by atoms with Gasteiger partial charge in [0.1, 0.15) is 5.70 Å². The molecule has 1 aliphatic rings. The molecule has 1 nitrogen and oxygen atoms in total. The number of rotatable bonds is 2. The minimum absolute atomic E-state index is 0. The van der Waals surface area contributed by atoms with Gasteiger partial charge in [-0.25, -0.2) is 0 Å². The second-order valence-corrected chi connectivity index (χ2v) is 2.48. The highest BCUT2D eigenvalue weighted by atomic mass is 35.5. The van der Waals surface area contributed by atoms with E-state index in [2.05, 4.69) is 32.3 Å². The van der Waals surface area contributed by atoms with Crippen LogP contribution in [0.25, 0.3) is 0 Å². The Hall–Kier alpha value is -0.270. The molecule has 0 saturated carbocycles. The smallest absolute Gasteiger partial charge is 0.112 e. The number of quaternary nitrogens is 1. The summed E-state index contributed by atoms with van der Waals surface area (Å²) in [6.07, 6.45) is 8.99. The molecule has 0 aromatic rings. The molecular weight excluding hydrogens is 146 g/mol. The van der Waals surface area contributed by atoms with Crippen LogP contribution in [0.5, 0.6) is 0 Å². The van der Waals surface area contributed by atoms with Crippen molar-refractivity contribution in [1.29, 1.82) is 0 Å². The first-order valence-corrected chi connectivity index (χ1v) is 3.55. The van der Waals surface area contributed by atoms with E-state index in [0.29, 0.717) is 0 Å². The normalized spacial score (nSPS) is 22.2. The van der Waals surface area contributed by atoms with Crippen LogP contribution in [0, 0.1) is 0 Å². The number of nitrogens with one attached hydrogen (secondary N) is 1. The van der Waals surface area contributed by atoms with Crippen LogP contribution in [-0.2, 0) is 0 Å². The first kappa shape index (κ1) is 9.73. The Morgan fingerprint density at radius 2 is 2.20 bits per heavy atom. The Balaban J connectivity index is 0.000000810. The van der Waals surface area contributed by atoms with Gasteiger partial charge in [0, 0.05) is 12.5 Å². The summed E-state index contributed by atoms with van der Waals surface area (Å²) in [6, 6.07) is 0.